The topological polar surface area (TPSA) is 67.6 Å². The van der Waals surface area contributed by atoms with Gasteiger partial charge >= 0.3 is 0 Å². The molecule has 0 spiro atoms. The summed E-state index contributed by atoms with van der Waals surface area (Å²) in [4.78, 5) is 4.13. The van der Waals surface area contributed by atoms with Crippen LogP contribution in [0.3, 0.4) is 0 Å². The molecule has 1 heterocycles. The monoisotopic (exact) mass is 322 g/mol. The van der Waals surface area contributed by atoms with Gasteiger partial charge in [0.05, 0.1) is 0 Å². The first-order valence-corrected chi connectivity index (χ1v) is 9.99. The van der Waals surface area contributed by atoms with Crippen LogP contribution in [0.1, 0.15) is 109 Å². The van der Waals surface area contributed by atoms with E-state index < -0.39 is 0 Å². The third-order valence-corrected chi connectivity index (χ3v) is 4.57. The average molecular weight is 323 g/mol. The summed E-state index contributed by atoms with van der Waals surface area (Å²) < 4.78 is 0. The second-order valence-corrected chi connectivity index (χ2v) is 6.84. The van der Waals surface area contributed by atoms with Crippen molar-refractivity contribution in [3.8, 4) is 0 Å². The van der Waals surface area contributed by atoms with Crippen molar-refractivity contribution in [3.05, 3.63) is 5.82 Å². The first kappa shape index (κ1) is 20.0. The summed E-state index contributed by atoms with van der Waals surface area (Å²) in [6, 6.07) is 0. The average Bonchev–Trinajstić information content (AvgIpc) is 2.96. The molecule has 0 fully saturated rings. The minimum Gasteiger partial charge on any atom is -0.367 e. The number of aryl methyl sites for hydroxylation is 1. The lowest BCUT2D eigenvalue weighted by Gasteiger charge is -2.03. The fourth-order valence-electron chi connectivity index (χ4n) is 3.09. The number of hydrogen-bond donors (Lipinski definition) is 2. The SMILES string of the molecule is CCCCCCCCCCCCCCCCCc1nc(N)n[nH]1. The first-order chi connectivity index (χ1) is 11.3. The molecule has 1 rings (SSSR count). The van der Waals surface area contributed by atoms with E-state index in [9.17, 15) is 0 Å². The molecule has 0 aromatic carbocycles. The predicted molar refractivity (Wildman–Crippen MR) is 99.4 cm³/mol. The molecule has 0 radical (unpaired) electrons. The third-order valence-electron chi connectivity index (χ3n) is 4.57. The van der Waals surface area contributed by atoms with E-state index in [1.807, 2.05) is 0 Å². The number of unbranched alkanes of at least 4 members (excludes halogenated alkanes) is 14. The van der Waals surface area contributed by atoms with Gasteiger partial charge in [-0.1, -0.05) is 96.8 Å². The minimum atomic E-state index is 0.362. The Balaban J connectivity index is 1.71. The summed E-state index contributed by atoms with van der Waals surface area (Å²) in [6.45, 7) is 2.28. The molecule has 134 valence electrons. The van der Waals surface area contributed by atoms with Crippen molar-refractivity contribution in [2.24, 2.45) is 0 Å². The fourth-order valence-corrected chi connectivity index (χ4v) is 3.09. The quantitative estimate of drug-likeness (QED) is 0.378. The van der Waals surface area contributed by atoms with Crippen molar-refractivity contribution in [3.63, 3.8) is 0 Å². The Labute approximate surface area is 143 Å². The van der Waals surface area contributed by atoms with Crippen molar-refractivity contribution in [2.45, 2.75) is 110 Å². The highest BCUT2D eigenvalue weighted by molar-refractivity contribution is 5.12. The Kier molecular flexibility index (Phi) is 12.6. The molecule has 0 aliphatic rings. The largest absolute Gasteiger partial charge is 0.367 e. The van der Waals surface area contributed by atoms with Crippen molar-refractivity contribution < 1.29 is 0 Å². The standard InChI is InChI=1S/C19H38N4/c1-2-3-4-5-6-7-8-9-10-11-12-13-14-15-16-17-18-21-19(20)23-22-18/h2-17H2,1H3,(H3,20,21,22,23). The Morgan fingerprint density at radius 2 is 1.13 bits per heavy atom. The summed E-state index contributed by atoms with van der Waals surface area (Å²) in [6.07, 6.45) is 21.9. The second kappa shape index (κ2) is 14.5. The molecule has 0 aliphatic carbocycles. The van der Waals surface area contributed by atoms with Gasteiger partial charge in [0.25, 0.3) is 0 Å². The zero-order valence-corrected chi connectivity index (χ0v) is 15.3. The van der Waals surface area contributed by atoms with E-state index in [1.165, 1.54) is 96.3 Å². The number of nitrogens with zero attached hydrogens (tertiary/aromatic N) is 2. The number of nitrogens with one attached hydrogen (secondary N) is 1. The van der Waals surface area contributed by atoms with Crippen molar-refractivity contribution in [1.82, 2.24) is 15.2 Å². The number of aromatic nitrogens is 3. The molecule has 0 saturated heterocycles. The van der Waals surface area contributed by atoms with E-state index in [0.717, 1.165) is 12.2 Å². The third kappa shape index (κ3) is 12.1. The van der Waals surface area contributed by atoms with Gasteiger partial charge in [-0.3, -0.25) is 5.10 Å². The van der Waals surface area contributed by atoms with Gasteiger partial charge in [0.1, 0.15) is 5.82 Å². The smallest absolute Gasteiger partial charge is 0.239 e. The van der Waals surface area contributed by atoms with Gasteiger partial charge in [0.2, 0.25) is 5.95 Å². The van der Waals surface area contributed by atoms with Gasteiger partial charge in [0, 0.05) is 6.42 Å². The number of rotatable bonds is 16. The maximum atomic E-state index is 5.48. The van der Waals surface area contributed by atoms with Gasteiger partial charge in [-0.25, -0.2) is 0 Å². The number of anilines is 1. The van der Waals surface area contributed by atoms with E-state index in [4.69, 9.17) is 5.73 Å². The summed E-state index contributed by atoms with van der Waals surface area (Å²) >= 11 is 0. The Morgan fingerprint density at radius 3 is 1.52 bits per heavy atom. The number of nitrogen functional groups attached to an aromatic ring is 1. The summed E-state index contributed by atoms with van der Waals surface area (Å²) in [7, 11) is 0. The first-order valence-electron chi connectivity index (χ1n) is 9.99. The van der Waals surface area contributed by atoms with Gasteiger partial charge < -0.3 is 5.73 Å². The number of hydrogen-bond acceptors (Lipinski definition) is 3. The van der Waals surface area contributed by atoms with Crippen LogP contribution in [0.4, 0.5) is 5.95 Å². The number of aromatic amines is 1. The van der Waals surface area contributed by atoms with Crippen LogP contribution < -0.4 is 5.73 Å². The van der Waals surface area contributed by atoms with Crippen LogP contribution in [-0.4, -0.2) is 15.2 Å². The Hall–Kier alpha value is -1.06. The van der Waals surface area contributed by atoms with Gasteiger partial charge in [-0.15, -0.1) is 5.10 Å². The summed E-state index contributed by atoms with van der Waals surface area (Å²) in [5, 5.41) is 6.72. The minimum absolute atomic E-state index is 0.362. The van der Waals surface area contributed by atoms with Crippen molar-refractivity contribution >= 4 is 5.95 Å². The molecule has 0 amide bonds. The molecule has 3 N–H and O–H groups in total. The van der Waals surface area contributed by atoms with Crippen molar-refractivity contribution in [2.75, 3.05) is 5.73 Å². The lowest BCUT2D eigenvalue weighted by molar-refractivity contribution is 0.531. The molecular weight excluding hydrogens is 284 g/mol. The normalized spacial score (nSPS) is 11.2. The highest BCUT2D eigenvalue weighted by Gasteiger charge is 1.99. The molecule has 0 atom stereocenters. The zero-order chi connectivity index (χ0) is 16.6. The van der Waals surface area contributed by atoms with Crippen LogP contribution in [0.2, 0.25) is 0 Å². The van der Waals surface area contributed by atoms with Crippen LogP contribution >= 0.6 is 0 Å². The molecule has 0 saturated carbocycles. The Morgan fingerprint density at radius 1 is 0.696 bits per heavy atom. The highest BCUT2D eigenvalue weighted by atomic mass is 15.3. The van der Waals surface area contributed by atoms with Crippen molar-refractivity contribution in [1.29, 1.82) is 0 Å². The molecule has 1 aromatic heterocycles. The van der Waals surface area contributed by atoms with Crippen LogP contribution in [0.15, 0.2) is 0 Å². The lowest BCUT2D eigenvalue weighted by atomic mass is 10.0. The molecule has 0 bridgehead atoms. The van der Waals surface area contributed by atoms with Crippen LogP contribution in [-0.2, 0) is 6.42 Å². The van der Waals surface area contributed by atoms with Gasteiger partial charge in [-0.2, -0.15) is 4.98 Å². The molecular formula is C19H38N4. The van der Waals surface area contributed by atoms with Gasteiger partial charge in [-0.05, 0) is 6.42 Å². The molecule has 4 nitrogen and oxygen atoms in total. The van der Waals surface area contributed by atoms with E-state index in [0.29, 0.717) is 5.95 Å². The van der Waals surface area contributed by atoms with Crippen LogP contribution in [0, 0.1) is 0 Å². The number of nitrogens with two attached hydrogens (primary N) is 1. The summed E-state index contributed by atoms with van der Waals surface area (Å²) in [5.41, 5.74) is 5.48. The number of H-pyrrole nitrogens is 1. The predicted octanol–water partition coefficient (Wildman–Crippen LogP) is 5.80. The molecule has 23 heavy (non-hydrogen) atoms. The molecule has 0 aliphatic heterocycles. The maximum Gasteiger partial charge on any atom is 0.239 e. The van der Waals surface area contributed by atoms with Gasteiger partial charge in [0.15, 0.2) is 0 Å². The van der Waals surface area contributed by atoms with E-state index >= 15 is 0 Å². The van der Waals surface area contributed by atoms with Crippen LogP contribution in [0.25, 0.3) is 0 Å². The molecule has 1 aromatic rings. The van der Waals surface area contributed by atoms with E-state index in [1.54, 1.807) is 0 Å². The molecule has 4 heteroatoms. The molecule has 0 unspecified atom stereocenters. The fraction of sp³-hybridized carbons (Fsp3) is 0.895. The highest BCUT2D eigenvalue weighted by Crippen LogP contribution is 2.13. The summed E-state index contributed by atoms with van der Waals surface area (Å²) in [5.74, 6) is 1.29. The van der Waals surface area contributed by atoms with E-state index in [-0.39, 0.29) is 0 Å². The lowest BCUT2D eigenvalue weighted by Crippen LogP contribution is -1.90. The zero-order valence-electron chi connectivity index (χ0n) is 15.3. The maximum absolute atomic E-state index is 5.48. The second-order valence-electron chi connectivity index (χ2n) is 6.84. The van der Waals surface area contributed by atoms with E-state index in [2.05, 4.69) is 22.1 Å². The van der Waals surface area contributed by atoms with Crippen LogP contribution in [0.5, 0.6) is 0 Å². The Bertz CT molecular complexity index is 362.